The van der Waals surface area contributed by atoms with Crippen LogP contribution < -0.4 is 5.32 Å². The van der Waals surface area contributed by atoms with Gasteiger partial charge in [0.05, 0.1) is 0 Å². The quantitative estimate of drug-likeness (QED) is 0.753. The molecule has 1 fully saturated rings. The standard InChI is InChI=1S/C12H15F2N/c1-9-3-4-10(7-11(9)13)12(14)5-2-6-15-8-12/h3-4,7,15H,2,5-6,8H2,1H3. The molecule has 3 heteroatoms. The molecule has 1 aromatic rings. The summed E-state index contributed by atoms with van der Waals surface area (Å²) < 4.78 is 27.7. The van der Waals surface area contributed by atoms with Crippen molar-refractivity contribution in [3.05, 3.63) is 35.1 Å². The lowest BCUT2D eigenvalue weighted by atomic mass is 9.88. The van der Waals surface area contributed by atoms with Gasteiger partial charge in [-0.2, -0.15) is 0 Å². The summed E-state index contributed by atoms with van der Waals surface area (Å²) in [5.41, 5.74) is -0.379. The molecule has 0 radical (unpaired) electrons. The third kappa shape index (κ3) is 2.02. The highest BCUT2D eigenvalue weighted by atomic mass is 19.1. The Hall–Kier alpha value is -0.960. The minimum absolute atomic E-state index is 0.287. The normalized spacial score (nSPS) is 26.6. The minimum atomic E-state index is -1.40. The van der Waals surface area contributed by atoms with Crippen LogP contribution in [0.2, 0.25) is 0 Å². The highest BCUT2D eigenvalue weighted by molar-refractivity contribution is 5.28. The topological polar surface area (TPSA) is 12.0 Å². The predicted molar refractivity (Wildman–Crippen MR) is 56.0 cm³/mol. The van der Waals surface area contributed by atoms with Crippen LogP contribution in [-0.4, -0.2) is 13.1 Å². The zero-order chi connectivity index (χ0) is 10.9. The Labute approximate surface area is 88.5 Å². The van der Waals surface area contributed by atoms with E-state index in [4.69, 9.17) is 0 Å². The van der Waals surface area contributed by atoms with Crippen LogP contribution in [0.25, 0.3) is 0 Å². The molecule has 2 rings (SSSR count). The van der Waals surface area contributed by atoms with E-state index >= 15 is 0 Å². The van der Waals surface area contributed by atoms with E-state index in [1.54, 1.807) is 19.1 Å². The molecule has 15 heavy (non-hydrogen) atoms. The van der Waals surface area contributed by atoms with Crippen molar-refractivity contribution in [2.24, 2.45) is 0 Å². The Morgan fingerprint density at radius 3 is 2.80 bits per heavy atom. The second kappa shape index (κ2) is 3.89. The van der Waals surface area contributed by atoms with E-state index in [0.29, 0.717) is 17.5 Å². The van der Waals surface area contributed by atoms with Gasteiger partial charge >= 0.3 is 0 Å². The first-order chi connectivity index (χ1) is 7.12. The Morgan fingerprint density at radius 2 is 2.20 bits per heavy atom. The monoisotopic (exact) mass is 211 g/mol. The SMILES string of the molecule is Cc1ccc(C2(F)CCCNC2)cc1F. The van der Waals surface area contributed by atoms with Crippen molar-refractivity contribution < 1.29 is 8.78 Å². The van der Waals surface area contributed by atoms with Crippen molar-refractivity contribution in [1.29, 1.82) is 0 Å². The molecule has 1 N–H and O–H groups in total. The van der Waals surface area contributed by atoms with Gasteiger partial charge in [-0.3, -0.25) is 0 Å². The van der Waals surface area contributed by atoms with Crippen molar-refractivity contribution in [1.82, 2.24) is 5.32 Å². The summed E-state index contributed by atoms with van der Waals surface area (Å²) in [4.78, 5) is 0. The molecule has 1 aliphatic rings. The minimum Gasteiger partial charge on any atom is -0.313 e. The fourth-order valence-corrected chi connectivity index (χ4v) is 1.99. The van der Waals surface area contributed by atoms with Gasteiger partial charge in [-0.25, -0.2) is 8.78 Å². The maximum absolute atomic E-state index is 14.4. The number of aryl methyl sites for hydroxylation is 1. The summed E-state index contributed by atoms with van der Waals surface area (Å²) in [6.45, 7) is 2.82. The van der Waals surface area contributed by atoms with Gasteiger partial charge in [-0.1, -0.05) is 12.1 Å². The van der Waals surface area contributed by atoms with Crippen LogP contribution in [0.3, 0.4) is 0 Å². The molecule has 1 saturated heterocycles. The van der Waals surface area contributed by atoms with Gasteiger partial charge in [0.1, 0.15) is 11.5 Å². The van der Waals surface area contributed by atoms with Crippen molar-refractivity contribution in [2.75, 3.05) is 13.1 Å². The van der Waals surface area contributed by atoms with Crippen LogP contribution in [0, 0.1) is 12.7 Å². The number of nitrogens with one attached hydrogen (secondary N) is 1. The van der Waals surface area contributed by atoms with Crippen LogP contribution in [0.4, 0.5) is 8.78 Å². The van der Waals surface area contributed by atoms with Crippen molar-refractivity contribution in [2.45, 2.75) is 25.4 Å². The zero-order valence-electron chi connectivity index (χ0n) is 8.82. The Balaban J connectivity index is 2.31. The number of halogens is 2. The first-order valence-corrected chi connectivity index (χ1v) is 5.28. The third-order valence-corrected chi connectivity index (χ3v) is 3.02. The second-order valence-corrected chi connectivity index (χ2v) is 4.21. The largest absolute Gasteiger partial charge is 0.313 e. The fourth-order valence-electron chi connectivity index (χ4n) is 1.99. The summed E-state index contributed by atoms with van der Waals surface area (Å²) in [5, 5.41) is 3.01. The molecule has 0 aromatic heterocycles. The number of benzene rings is 1. The van der Waals surface area contributed by atoms with Crippen molar-refractivity contribution >= 4 is 0 Å². The van der Waals surface area contributed by atoms with Gasteiger partial charge in [0.15, 0.2) is 0 Å². The number of hydrogen-bond acceptors (Lipinski definition) is 1. The lowest BCUT2D eigenvalue weighted by Crippen LogP contribution is -2.40. The number of piperidine rings is 1. The van der Waals surface area contributed by atoms with E-state index in [0.717, 1.165) is 13.0 Å². The second-order valence-electron chi connectivity index (χ2n) is 4.21. The molecular formula is C12H15F2N. The first-order valence-electron chi connectivity index (χ1n) is 5.28. The Bertz CT molecular complexity index is 357. The lowest BCUT2D eigenvalue weighted by Gasteiger charge is -2.30. The maximum atomic E-state index is 14.4. The summed E-state index contributed by atoms with van der Waals surface area (Å²) in [5.74, 6) is -0.324. The van der Waals surface area contributed by atoms with Crippen molar-refractivity contribution in [3.63, 3.8) is 0 Å². The molecule has 0 bridgehead atoms. The van der Waals surface area contributed by atoms with Crippen LogP contribution in [0.1, 0.15) is 24.0 Å². The van der Waals surface area contributed by atoms with E-state index in [1.807, 2.05) is 0 Å². The average molecular weight is 211 g/mol. The molecule has 1 nitrogen and oxygen atoms in total. The van der Waals surface area contributed by atoms with Crippen LogP contribution in [0.15, 0.2) is 18.2 Å². The summed E-state index contributed by atoms with van der Waals surface area (Å²) in [6, 6.07) is 4.65. The van der Waals surface area contributed by atoms with Crippen LogP contribution >= 0.6 is 0 Å². The third-order valence-electron chi connectivity index (χ3n) is 3.02. The molecule has 1 aromatic carbocycles. The number of hydrogen-bond donors (Lipinski definition) is 1. The zero-order valence-corrected chi connectivity index (χ0v) is 8.82. The molecular weight excluding hydrogens is 196 g/mol. The van der Waals surface area contributed by atoms with Gasteiger partial charge in [-0.05, 0) is 43.5 Å². The fraction of sp³-hybridized carbons (Fsp3) is 0.500. The van der Waals surface area contributed by atoms with Crippen LogP contribution in [0.5, 0.6) is 0 Å². The molecule has 0 spiro atoms. The lowest BCUT2D eigenvalue weighted by molar-refractivity contribution is 0.121. The highest BCUT2D eigenvalue weighted by Gasteiger charge is 2.33. The molecule has 0 aliphatic carbocycles. The predicted octanol–water partition coefficient (Wildman–Crippen LogP) is 2.68. The summed E-state index contributed by atoms with van der Waals surface area (Å²) >= 11 is 0. The Kier molecular flexibility index (Phi) is 2.74. The summed E-state index contributed by atoms with van der Waals surface area (Å²) in [7, 11) is 0. The molecule has 0 saturated carbocycles. The highest BCUT2D eigenvalue weighted by Crippen LogP contribution is 2.33. The van der Waals surface area contributed by atoms with Crippen LogP contribution in [-0.2, 0) is 5.67 Å². The van der Waals surface area contributed by atoms with Gasteiger partial charge in [0, 0.05) is 6.54 Å². The van der Waals surface area contributed by atoms with Gasteiger partial charge in [0.2, 0.25) is 0 Å². The first kappa shape index (κ1) is 10.6. The molecule has 1 heterocycles. The Morgan fingerprint density at radius 1 is 1.40 bits per heavy atom. The van der Waals surface area contributed by atoms with E-state index in [9.17, 15) is 8.78 Å². The molecule has 1 unspecified atom stereocenters. The van der Waals surface area contributed by atoms with Crippen molar-refractivity contribution in [3.8, 4) is 0 Å². The number of alkyl halides is 1. The smallest absolute Gasteiger partial charge is 0.148 e. The van der Waals surface area contributed by atoms with Gasteiger partial charge in [0.25, 0.3) is 0 Å². The van der Waals surface area contributed by atoms with E-state index in [-0.39, 0.29) is 12.4 Å². The van der Waals surface area contributed by atoms with Gasteiger partial charge in [-0.15, -0.1) is 0 Å². The summed E-state index contributed by atoms with van der Waals surface area (Å²) in [6.07, 6.45) is 1.27. The molecule has 82 valence electrons. The van der Waals surface area contributed by atoms with E-state index < -0.39 is 5.67 Å². The molecule has 0 amide bonds. The maximum Gasteiger partial charge on any atom is 0.148 e. The van der Waals surface area contributed by atoms with Gasteiger partial charge < -0.3 is 5.32 Å². The molecule has 1 atom stereocenters. The van der Waals surface area contributed by atoms with E-state index in [1.165, 1.54) is 6.07 Å². The number of rotatable bonds is 1. The van der Waals surface area contributed by atoms with E-state index in [2.05, 4.69) is 5.32 Å². The molecule has 1 aliphatic heterocycles. The average Bonchev–Trinajstić information content (AvgIpc) is 2.23.